The molecule has 0 aliphatic rings. The Labute approximate surface area is 156 Å². The minimum absolute atomic E-state index is 0.128. The van der Waals surface area contributed by atoms with Crippen LogP contribution in [0.1, 0.15) is 40.9 Å². The standard InChI is InChI=1S/C19H21N5OS/c1-4-20-17-9-10-21-18(24-17)14-5-7-15(8-6-14)19(25)22-12(2)16-11-26-13(3)23-16/h5-12H,4H2,1-3H3,(H,22,25)(H,20,21,24)/t12-/m0/s1. The lowest BCUT2D eigenvalue weighted by Gasteiger charge is -2.12. The van der Waals surface area contributed by atoms with E-state index < -0.39 is 0 Å². The molecule has 7 heteroatoms. The average Bonchev–Trinajstić information content (AvgIpc) is 3.09. The van der Waals surface area contributed by atoms with E-state index in [1.54, 1.807) is 29.7 Å². The average molecular weight is 367 g/mol. The smallest absolute Gasteiger partial charge is 0.251 e. The van der Waals surface area contributed by atoms with E-state index in [-0.39, 0.29) is 11.9 Å². The van der Waals surface area contributed by atoms with Crippen molar-refractivity contribution >= 4 is 23.1 Å². The zero-order valence-corrected chi connectivity index (χ0v) is 15.8. The Hall–Kier alpha value is -2.80. The highest BCUT2D eigenvalue weighted by molar-refractivity contribution is 7.09. The number of hydrogen-bond donors (Lipinski definition) is 2. The number of nitrogens with zero attached hydrogens (tertiary/aromatic N) is 3. The van der Waals surface area contributed by atoms with Crippen LogP contribution in [0.5, 0.6) is 0 Å². The van der Waals surface area contributed by atoms with Gasteiger partial charge < -0.3 is 10.6 Å². The van der Waals surface area contributed by atoms with Crippen LogP contribution in [0.3, 0.4) is 0 Å². The molecule has 26 heavy (non-hydrogen) atoms. The fourth-order valence-corrected chi connectivity index (χ4v) is 3.19. The van der Waals surface area contributed by atoms with Gasteiger partial charge in [0.2, 0.25) is 0 Å². The van der Waals surface area contributed by atoms with Gasteiger partial charge in [0.1, 0.15) is 5.82 Å². The number of hydrogen-bond acceptors (Lipinski definition) is 6. The first kappa shape index (κ1) is 18.0. The Bertz CT molecular complexity index is 891. The second kappa shape index (κ2) is 8.05. The van der Waals surface area contributed by atoms with Gasteiger partial charge in [0.05, 0.1) is 16.7 Å². The summed E-state index contributed by atoms with van der Waals surface area (Å²) in [6.45, 7) is 6.70. The molecule has 0 unspecified atom stereocenters. The van der Waals surface area contributed by atoms with Crippen LogP contribution in [0.2, 0.25) is 0 Å². The number of rotatable bonds is 6. The van der Waals surface area contributed by atoms with Crippen LogP contribution in [-0.4, -0.2) is 27.4 Å². The number of anilines is 1. The van der Waals surface area contributed by atoms with E-state index in [0.29, 0.717) is 11.4 Å². The Balaban J connectivity index is 1.70. The Kier molecular flexibility index (Phi) is 5.58. The van der Waals surface area contributed by atoms with Crippen molar-refractivity contribution in [1.82, 2.24) is 20.3 Å². The summed E-state index contributed by atoms with van der Waals surface area (Å²) in [4.78, 5) is 25.6. The van der Waals surface area contributed by atoms with Gasteiger partial charge >= 0.3 is 0 Å². The van der Waals surface area contributed by atoms with Crippen LogP contribution in [0.25, 0.3) is 11.4 Å². The van der Waals surface area contributed by atoms with Crippen molar-refractivity contribution in [3.05, 3.63) is 58.2 Å². The van der Waals surface area contributed by atoms with Gasteiger partial charge in [-0.1, -0.05) is 12.1 Å². The molecule has 0 spiro atoms. The monoisotopic (exact) mass is 367 g/mol. The maximum absolute atomic E-state index is 12.4. The second-order valence-corrected chi connectivity index (χ2v) is 6.92. The molecule has 0 saturated heterocycles. The molecule has 0 bridgehead atoms. The van der Waals surface area contributed by atoms with Gasteiger partial charge in [0.25, 0.3) is 5.91 Å². The summed E-state index contributed by atoms with van der Waals surface area (Å²) in [5.41, 5.74) is 2.34. The number of carbonyl (C=O) groups excluding carboxylic acids is 1. The van der Waals surface area contributed by atoms with E-state index in [0.717, 1.165) is 28.6 Å². The number of thiazole rings is 1. The molecule has 1 aromatic carbocycles. The highest BCUT2D eigenvalue weighted by atomic mass is 32.1. The van der Waals surface area contributed by atoms with Crippen LogP contribution < -0.4 is 10.6 Å². The SMILES string of the molecule is CCNc1ccnc(-c2ccc(C(=O)N[C@@H](C)c3csc(C)n3)cc2)n1. The zero-order chi connectivity index (χ0) is 18.5. The highest BCUT2D eigenvalue weighted by Crippen LogP contribution is 2.19. The van der Waals surface area contributed by atoms with E-state index in [9.17, 15) is 4.79 Å². The Morgan fingerprint density at radius 1 is 1.19 bits per heavy atom. The van der Waals surface area contributed by atoms with Gasteiger partial charge in [0.15, 0.2) is 5.82 Å². The van der Waals surface area contributed by atoms with Crippen molar-refractivity contribution in [3.8, 4) is 11.4 Å². The molecule has 2 N–H and O–H groups in total. The summed E-state index contributed by atoms with van der Waals surface area (Å²) in [5, 5.41) is 9.10. The van der Waals surface area contributed by atoms with Crippen LogP contribution in [0, 0.1) is 6.92 Å². The van der Waals surface area contributed by atoms with Crippen molar-refractivity contribution in [1.29, 1.82) is 0 Å². The van der Waals surface area contributed by atoms with Gasteiger partial charge in [-0.05, 0) is 39.0 Å². The zero-order valence-electron chi connectivity index (χ0n) is 15.0. The molecule has 0 radical (unpaired) electrons. The lowest BCUT2D eigenvalue weighted by Crippen LogP contribution is -2.26. The maximum Gasteiger partial charge on any atom is 0.251 e. The van der Waals surface area contributed by atoms with Crippen LogP contribution in [0.4, 0.5) is 5.82 Å². The van der Waals surface area contributed by atoms with Crippen LogP contribution in [-0.2, 0) is 0 Å². The minimum Gasteiger partial charge on any atom is -0.370 e. The molecule has 6 nitrogen and oxygen atoms in total. The van der Waals surface area contributed by atoms with Gasteiger partial charge in [-0.2, -0.15) is 0 Å². The normalized spacial score (nSPS) is 11.8. The van der Waals surface area contributed by atoms with Crippen molar-refractivity contribution in [2.75, 3.05) is 11.9 Å². The fraction of sp³-hybridized carbons (Fsp3) is 0.263. The summed E-state index contributed by atoms with van der Waals surface area (Å²) < 4.78 is 0. The number of aryl methyl sites for hydroxylation is 1. The molecular formula is C19H21N5OS. The van der Waals surface area contributed by atoms with E-state index in [1.807, 2.05) is 44.4 Å². The third kappa shape index (κ3) is 4.23. The number of carbonyl (C=O) groups is 1. The number of amides is 1. The molecule has 2 heterocycles. The quantitative estimate of drug-likeness (QED) is 0.692. The molecule has 0 aliphatic carbocycles. The maximum atomic E-state index is 12.4. The second-order valence-electron chi connectivity index (χ2n) is 5.86. The lowest BCUT2D eigenvalue weighted by molar-refractivity contribution is 0.0939. The molecule has 0 aliphatic heterocycles. The number of benzene rings is 1. The van der Waals surface area contributed by atoms with E-state index in [1.165, 1.54) is 0 Å². The van der Waals surface area contributed by atoms with Crippen molar-refractivity contribution < 1.29 is 4.79 Å². The predicted octanol–water partition coefficient (Wildman–Crippen LogP) is 3.83. The van der Waals surface area contributed by atoms with Crippen LogP contribution >= 0.6 is 11.3 Å². The third-order valence-electron chi connectivity index (χ3n) is 3.85. The van der Waals surface area contributed by atoms with Gasteiger partial charge in [-0.25, -0.2) is 15.0 Å². The van der Waals surface area contributed by atoms with E-state index in [4.69, 9.17) is 0 Å². The molecule has 0 fully saturated rings. The summed E-state index contributed by atoms with van der Waals surface area (Å²) in [7, 11) is 0. The highest BCUT2D eigenvalue weighted by Gasteiger charge is 2.14. The summed E-state index contributed by atoms with van der Waals surface area (Å²) >= 11 is 1.58. The van der Waals surface area contributed by atoms with Crippen molar-refractivity contribution in [3.63, 3.8) is 0 Å². The molecule has 1 amide bonds. The van der Waals surface area contributed by atoms with E-state index >= 15 is 0 Å². The first-order chi connectivity index (χ1) is 12.6. The third-order valence-corrected chi connectivity index (χ3v) is 4.64. The Morgan fingerprint density at radius 2 is 1.96 bits per heavy atom. The molecule has 3 rings (SSSR count). The van der Waals surface area contributed by atoms with Crippen molar-refractivity contribution in [2.24, 2.45) is 0 Å². The minimum atomic E-state index is -0.132. The van der Waals surface area contributed by atoms with Crippen molar-refractivity contribution in [2.45, 2.75) is 26.8 Å². The van der Waals surface area contributed by atoms with Gasteiger partial charge in [0, 0.05) is 29.2 Å². The Morgan fingerprint density at radius 3 is 2.62 bits per heavy atom. The summed E-state index contributed by atoms with van der Waals surface area (Å²) in [5.74, 6) is 1.28. The van der Waals surface area contributed by atoms with Gasteiger partial charge in [-0.15, -0.1) is 11.3 Å². The first-order valence-electron chi connectivity index (χ1n) is 8.47. The first-order valence-corrected chi connectivity index (χ1v) is 9.35. The largest absolute Gasteiger partial charge is 0.370 e. The topological polar surface area (TPSA) is 79.8 Å². The van der Waals surface area contributed by atoms with E-state index in [2.05, 4.69) is 25.6 Å². The molecule has 3 aromatic rings. The predicted molar refractivity (Wildman–Crippen MR) is 104 cm³/mol. The molecule has 2 aromatic heterocycles. The lowest BCUT2D eigenvalue weighted by atomic mass is 10.1. The molecule has 0 saturated carbocycles. The number of nitrogens with one attached hydrogen (secondary N) is 2. The van der Waals surface area contributed by atoms with Gasteiger partial charge in [-0.3, -0.25) is 4.79 Å². The molecule has 1 atom stereocenters. The number of aromatic nitrogens is 3. The molecule has 134 valence electrons. The summed E-state index contributed by atoms with van der Waals surface area (Å²) in [6.07, 6.45) is 1.72. The van der Waals surface area contributed by atoms with Crippen LogP contribution in [0.15, 0.2) is 41.9 Å². The molecular weight excluding hydrogens is 346 g/mol. The summed E-state index contributed by atoms with van der Waals surface area (Å²) in [6, 6.07) is 8.98. The fourth-order valence-electron chi connectivity index (χ4n) is 2.48.